The second-order valence-electron chi connectivity index (χ2n) is 9.74. The largest absolute Gasteiger partial charge is 0.448 e. The number of amides is 3. The van der Waals surface area contributed by atoms with E-state index in [4.69, 9.17) is 4.74 Å². The smallest absolute Gasteiger partial charge is 0.356 e. The molecule has 0 aliphatic carbocycles. The van der Waals surface area contributed by atoms with Gasteiger partial charge in [-0.1, -0.05) is 99.7 Å². The molecule has 2 N–H and O–H groups in total. The zero-order chi connectivity index (χ0) is 32.0. The molecule has 2 aliphatic rings. The fraction of sp³-hybridized carbons (Fsp3) is 0.167. The van der Waals surface area contributed by atoms with Crippen molar-refractivity contribution in [3.63, 3.8) is 0 Å². The topological polar surface area (TPSA) is 143 Å². The predicted octanol–water partition coefficient (Wildman–Crippen LogP) is 5.08. The number of carbonyl (C=O) groups is 4. The molecule has 1 unspecified atom stereocenters. The summed E-state index contributed by atoms with van der Waals surface area (Å²) in [5.74, 6) is -0.752. The van der Waals surface area contributed by atoms with Gasteiger partial charge in [0.1, 0.15) is 22.6 Å². The van der Waals surface area contributed by atoms with Gasteiger partial charge in [0.2, 0.25) is 6.41 Å². The van der Waals surface area contributed by atoms with Gasteiger partial charge in [0.05, 0.1) is 11.3 Å². The highest BCUT2D eigenvalue weighted by atomic mass is 79.9. The van der Waals surface area contributed by atoms with Crippen LogP contribution in [0.3, 0.4) is 0 Å². The van der Waals surface area contributed by atoms with Gasteiger partial charge >= 0.3 is 5.97 Å². The summed E-state index contributed by atoms with van der Waals surface area (Å²) >= 11 is 8.65. The molecule has 0 bridgehead atoms. The number of anilines is 1. The van der Waals surface area contributed by atoms with E-state index in [0.717, 1.165) is 32.4 Å². The summed E-state index contributed by atoms with van der Waals surface area (Å²) < 4.78 is 6.94. The molecule has 1 saturated heterocycles. The average Bonchev–Trinajstić information content (AvgIpc) is 3.78. The molecular weight excluding hydrogens is 733 g/mol. The molecule has 2 aliphatic heterocycles. The van der Waals surface area contributed by atoms with Crippen LogP contribution in [0.1, 0.15) is 22.9 Å². The number of nitrogens with zero attached hydrogens (tertiary/aromatic N) is 4. The van der Waals surface area contributed by atoms with Gasteiger partial charge in [-0.2, -0.15) is 0 Å². The Hall–Kier alpha value is -3.83. The zero-order valence-corrected chi connectivity index (χ0v) is 28.4. The lowest BCUT2D eigenvalue weighted by Crippen LogP contribution is -2.70. The Morgan fingerprint density at radius 3 is 2.46 bits per heavy atom. The normalized spacial score (nSPS) is 17.7. The van der Waals surface area contributed by atoms with E-state index >= 15 is 0 Å². The van der Waals surface area contributed by atoms with Gasteiger partial charge in [0.25, 0.3) is 11.8 Å². The van der Waals surface area contributed by atoms with Crippen LogP contribution in [0.15, 0.2) is 92.1 Å². The van der Waals surface area contributed by atoms with Crippen molar-refractivity contribution in [2.24, 2.45) is 0 Å². The second kappa shape index (κ2) is 14.7. The minimum absolute atomic E-state index is 0.175. The number of hydrogen-bond donors (Lipinski definition) is 2. The average molecular weight is 756 g/mol. The number of carbonyl (C=O) groups excluding carboxylic acids is 4. The van der Waals surface area contributed by atoms with Crippen LogP contribution in [0, 0.1) is 0 Å². The first kappa shape index (κ1) is 32.1. The number of esters is 1. The van der Waals surface area contributed by atoms with Crippen LogP contribution in [0.4, 0.5) is 5.13 Å². The molecular formula is C30H23BrN6O5S4. The molecule has 0 spiro atoms. The van der Waals surface area contributed by atoms with E-state index in [1.807, 2.05) is 60.7 Å². The summed E-state index contributed by atoms with van der Waals surface area (Å²) in [5.41, 5.74) is 4.62. The van der Waals surface area contributed by atoms with Crippen LogP contribution in [-0.2, 0) is 23.9 Å². The maximum Gasteiger partial charge on any atom is 0.356 e. The Morgan fingerprint density at radius 1 is 1.11 bits per heavy atom. The van der Waals surface area contributed by atoms with Crippen LogP contribution in [0.2, 0.25) is 0 Å². The number of fused-ring (bicyclic) bond motifs is 1. The van der Waals surface area contributed by atoms with Gasteiger partial charge in [-0.25, -0.2) is 9.78 Å². The molecule has 3 amide bonds. The van der Waals surface area contributed by atoms with Crippen LogP contribution in [-0.4, -0.2) is 67.2 Å². The molecule has 16 heteroatoms. The molecule has 234 valence electrons. The quantitative estimate of drug-likeness (QED) is 0.0661. The Bertz CT molecular complexity index is 1760. The van der Waals surface area contributed by atoms with E-state index < -0.39 is 35.3 Å². The van der Waals surface area contributed by atoms with E-state index in [9.17, 15) is 19.2 Å². The standard InChI is InChI=1S/C30H23BrN6O5S4/c31-11-20(21-14-44-29(34-21)32-15-38)25(39)35-22-26(40)37-23(19(12-43-27(22)37)13-45-30-36-33-16-46-30)28(41)42-24(17-7-3-1-4-8-17)18-9-5-2-6-10-18/h1-11,14-16,22,24,27H,12-13H2,(H,35,39)(H,32,34,38)/t22?,27-/m1/s1. The van der Waals surface area contributed by atoms with E-state index in [1.54, 1.807) is 10.9 Å². The van der Waals surface area contributed by atoms with Crippen LogP contribution in [0.5, 0.6) is 0 Å². The van der Waals surface area contributed by atoms with E-state index in [0.29, 0.717) is 28.7 Å². The third-order valence-electron chi connectivity index (χ3n) is 6.98. The molecule has 0 radical (unpaired) electrons. The molecule has 4 heterocycles. The summed E-state index contributed by atoms with van der Waals surface area (Å²) in [4.78, 5) is 59.0. The fourth-order valence-corrected chi connectivity index (χ4v) is 8.95. The predicted molar refractivity (Wildman–Crippen MR) is 182 cm³/mol. The number of thioether (sulfide) groups is 2. The molecule has 0 saturated carbocycles. The lowest BCUT2D eigenvalue weighted by atomic mass is 10.0. The Labute approximate surface area is 288 Å². The van der Waals surface area contributed by atoms with Crippen molar-refractivity contribution in [1.29, 1.82) is 0 Å². The highest BCUT2D eigenvalue weighted by molar-refractivity contribution is 9.11. The van der Waals surface area contributed by atoms with Gasteiger partial charge < -0.3 is 15.4 Å². The number of thiazole rings is 1. The first-order valence-corrected chi connectivity index (χ1v) is 18.3. The highest BCUT2D eigenvalue weighted by Gasteiger charge is 2.54. The van der Waals surface area contributed by atoms with Gasteiger partial charge in [0, 0.05) is 16.9 Å². The molecule has 4 aromatic rings. The number of aromatic nitrogens is 3. The first-order chi connectivity index (χ1) is 22.5. The number of halogens is 1. The summed E-state index contributed by atoms with van der Waals surface area (Å²) in [5, 5.41) is 14.7. The van der Waals surface area contributed by atoms with Crippen LogP contribution < -0.4 is 10.6 Å². The van der Waals surface area contributed by atoms with Crippen molar-refractivity contribution in [3.05, 3.63) is 105 Å². The minimum Gasteiger partial charge on any atom is -0.448 e. The fourth-order valence-electron chi connectivity index (χ4n) is 4.86. The van der Waals surface area contributed by atoms with Gasteiger partial charge in [0.15, 0.2) is 15.6 Å². The van der Waals surface area contributed by atoms with Gasteiger partial charge in [-0.05, 0) is 21.7 Å². The van der Waals surface area contributed by atoms with Crippen molar-refractivity contribution >= 4 is 97.0 Å². The van der Waals surface area contributed by atoms with Crippen molar-refractivity contribution in [3.8, 4) is 0 Å². The molecule has 11 nitrogen and oxygen atoms in total. The third kappa shape index (κ3) is 6.80. The van der Waals surface area contributed by atoms with Crippen molar-refractivity contribution in [2.75, 3.05) is 16.8 Å². The number of hydrogen-bond acceptors (Lipinski definition) is 12. The number of β-lactam (4-membered cyclic amide) rings is 1. The van der Waals surface area contributed by atoms with Gasteiger partial charge in [-0.3, -0.25) is 19.3 Å². The summed E-state index contributed by atoms with van der Waals surface area (Å²) in [6, 6.07) is 18.0. The molecule has 2 atom stereocenters. The third-order valence-corrected chi connectivity index (χ3v) is 11.5. The lowest BCUT2D eigenvalue weighted by molar-refractivity contribution is -0.154. The van der Waals surface area contributed by atoms with Crippen LogP contribution >= 0.6 is 62.1 Å². The second-order valence-corrected chi connectivity index (χ2v) is 14.2. The summed E-state index contributed by atoms with van der Waals surface area (Å²) in [6.45, 7) is 0. The van der Waals surface area contributed by atoms with Crippen molar-refractivity contribution in [1.82, 2.24) is 25.4 Å². The first-order valence-electron chi connectivity index (χ1n) is 13.6. The number of benzene rings is 2. The van der Waals surface area contributed by atoms with E-state index in [1.165, 1.54) is 44.7 Å². The molecule has 2 aromatic carbocycles. The Balaban J connectivity index is 1.26. The lowest BCUT2D eigenvalue weighted by Gasteiger charge is -2.49. The Kier molecular flexibility index (Phi) is 10.3. The van der Waals surface area contributed by atoms with Gasteiger partial charge in [-0.15, -0.1) is 33.3 Å². The Morgan fingerprint density at radius 2 is 1.83 bits per heavy atom. The maximum atomic E-state index is 14.1. The maximum absolute atomic E-state index is 14.1. The molecule has 1 fully saturated rings. The number of nitrogens with one attached hydrogen (secondary N) is 2. The van der Waals surface area contributed by atoms with Crippen molar-refractivity contribution < 1.29 is 23.9 Å². The molecule has 6 rings (SSSR count). The highest BCUT2D eigenvalue weighted by Crippen LogP contribution is 2.43. The SMILES string of the molecule is O=CNc1nc(C(=CBr)C(=O)NC2C(=O)N3C(C(=O)OC(c4ccccc4)c4ccccc4)=C(CSc4nncs4)CS[C@H]23)cs1. The number of ether oxygens (including phenoxy) is 1. The van der Waals surface area contributed by atoms with E-state index in [-0.39, 0.29) is 11.3 Å². The number of rotatable bonds is 12. The monoisotopic (exact) mass is 754 g/mol. The summed E-state index contributed by atoms with van der Waals surface area (Å²) in [6.07, 6.45) is -0.205. The zero-order valence-electron chi connectivity index (χ0n) is 23.6. The van der Waals surface area contributed by atoms with E-state index in [2.05, 4.69) is 41.7 Å². The molecule has 2 aromatic heterocycles. The molecule has 46 heavy (non-hydrogen) atoms. The van der Waals surface area contributed by atoms with Crippen molar-refractivity contribution in [2.45, 2.75) is 21.9 Å². The minimum atomic E-state index is -0.884. The summed E-state index contributed by atoms with van der Waals surface area (Å²) in [7, 11) is 0. The van der Waals surface area contributed by atoms with Crippen LogP contribution in [0.25, 0.3) is 5.57 Å².